The number of carbonyl (C=O) groups is 1. The van der Waals surface area contributed by atoms with Crippen LogP contribution in [0.1, 0.15) is 12.6 Å². The third-order valence-corrected chi connectivity index (χ3v) is 2.49. The standard InChI is InChI=1S/C13H13N3O2/c1-2-10-8-15-12(9-14-10)16(13(17)18)11-6-4-3-5-7-11/h3-9H,2H2,1H3,(H,17,18). The van der Waals surface area contributed by atoms with Gasteiger partial charge >= 0.3 is 6.09 Å². The topological polar surface area (TPSA) is 66.3 Å². The van der Waals surface area contributed by atoms with Crippen molar-refractivity contribution in [3.05, 3.63) is 48.4 Å². The van der Waals surface area contributed by atoms with Crippen LogP contribution in [0.25, 0.3) is 0 Å². The predicted octanol–water partition coefficient (Wildman–Crippen LogP) is 2.86. The van der Waals surface area contributed by atoms with Crippen molar-refractivity contribution in [3.63, 3.8) is 0 Å². The lowest BCUT2D eigenvalue weighted by molar-refractivity contribution is 0.204. The molecule has 5 heteroatoms. The van der Waals surface area contributed by atoms with Crippen LogP contribution in [0, 0.1) is 0 Å². The number of anilines is 2. The summed E-state index contributed by atoms with van der Waals surface area (Å²) in [5.41, 5.74) is 1.38. The summed E-state index contributed by atoms with van der Waals surface area (Å²) in [5, 5.41) is 9.26. The van der Waals surface area contributed by atoms with Crippen molar-refractivity contribution in [2.45, 2.75) is 13.3 Å². The van der Waals surface area contributed by atoms with E-state index >= 15 is 0 Å². The van der Waals surface area contributed by atoms with E-state index in [9.17, 15) is 9.90 Å². The van der Waals surface area contributed by atoms with Crippen LogP contribution < -0.4 is 4.90 Å². The summed E-state index contributed by atoms with van der Waals surface area (Å²) in [6.07, 6.45) is 2.75. The van der Waals surface area contributed by atoms with E-state index in [1.54, 1.807) is 30.5 Å². The van der Waals surface area contributed by atoms with Crippen molar-refractivity contribution < 1.29 is 9.90 Å². The number of hydrogen-bond acceptors (Lipinski definition) is 3. The molecule has 1 amide bonds. The molecule has 2 aromatic rings. The van der Waals surface area contributed by atoms with E-state index in [0.29, 0.717) is 11.5 Å². The number of hydrogen-bond donors (Lipinski definition) is 1. The summed E-state index contributed by atoms with van der Waals surface area (Å²) in [6, 6.07) is 8.81. The van der Waals surface area contributed by atoms with Gasteiger partial charge in [0.2, 0.25) is 0 Å². The van der Waals surface area contributed by atoms with Crippen molar-refractivity contribution in [1.82, 2.24) is 9.97 Å². The van der Waals surface area contributed by atoms with Gasteiger partial charge in [-0.15, -0.1) is 0 Å². The smallest absolute Gasteiger partial charge is 0.417 e. The maximum Gasteiger partial charge on any atom is 0.417 e. The van der Waals surface area contributed by atoms with Crippen LogP contribution in [0.3, 0.4) is 0 Å². The molecule has 0 bridgehead atoms. The van der Waals surface area contributed by atoms with E-state index in [4.69, 9.17) is 0 Å². The summed E-state index contributed by atoms with van der Waals surface area (Å²) in [6.45, 7) is 1.97. The first-order valence-corrected chi connectivity index (χ1v) is 5.61. The molecule has 1 N–H and O–H groups in total. The highest BCUT2D eigenvalue weighted by Crippen LogP contribution is 2.22. The van der Waals surface area contributed by atoms with Crippen molar-refractivity contribution >= 4 is 17.6 Å². The van der Waals surface area contributed by atoms with Gasteiger partial charge in [0.1, 0.15) is 0 Å². The molecular weight excluding hydrogens is 230 g/mol. The lowest BCUT2D eigenvalue weighted by Crippen LogP contribution is -2.24. The van der Waals surface area contributed by atoms with Gasteiger partial charge in [0.25, 0.3) is 0 Å². The molecule has 0 aliphatic rings. The first-order chi connectivity index (χ1) is 8.72. The van der Waals surface area contributed by atoms with Crippen LogP contribution in [0.4, 0.5) is 16.3 Å². The van der Waals surface area contributed by atoms with Gasteiger partial charge in [0.15, 0.2) is 5.82 Å². The van der Waals surface area contributed by atoms with Gasteiger partial charge in [-0.05, 0) is 18.6 Å². The van der Waals surface area contributed by atoms with E-state index in [2.05, 4.69) is 9.97 Å². The Bertz CT molecular complexity index is 526. The van der Waals surface area contributed by atoms with Gasteiger partial charge in [-0.1, -0.05) is 25.1 Å². The van der Waals surface area contributed by atoms with Gasteiger partial charge in [-0.2, -0.15) is 0 Å². The number of para-hydroxylation sites is 1. The molecule has 1 aromatic heterocycles. The van der Waals surface area contributed by atoms with Crippen molar-refractivity contribution in [2.24, 2.45) is 0 Å². The average Bonchev–Trinajstić information content (AvgIpc) is 2.40. The molecule has 0 spiro atoms. The SMILES string of the molecule is CCc1cnc(N(C(=O)O)c2ccccc2)cn1. The molecule has 5 nitrogen and oxygen atoms in total. The molecule has 0 radical (unpaired) electrons. The quantitative estimate of drug-likeness (QED) is 0.900. The fourth-order valence-electron chi connectivity index (χ4n) is 1.56. The molecule has 0 aliphatic carbocycles. The number of rotatable bonds is 3. The zero-order valence-electron chi connectivity index (χ0n) is 9.95. The Morgan fingerprint density at radius 1 is 1.22 bits per heavy atom. The van der Waals surface area contributed by atoms with Gasteiger partial charge in [-0.25, -0.2) is 14.7 Å². The van der Waals surface area contributed by atoms with E-state index < -0.39 is 6.09 Å². The van der Waals surface area contributed by atoms with Gasteiger partial charge in [-0.3, -0.25) is 4.98 Å². The summed E-state index contributed by atoms with van der Waals surface area (Å²) >= 11 is 0. The summed E-state index contributed by atoms with van der Waals surface area (Å²) in [4.78, 5) is 20.7. The molecule has 2 rings (SSSR count). The van der Waals surface area contributed by atoms with Crippen LogP contribution in [0.15, 0.2) is 42.7 Å². The Morgan fingerprint density at radius 3 is 2.44 bits per heavy atom. The van der Waals surface area contributed by atoms with Gasteiger partial charge < -0.3 is 5.11 Å². The number of nitrogens with zero attached hydrogens (tertiary/aromatic N) is 3. The zero-order chi connectivity index (χ0) is 13.0. The molecule has 0 fully saturated rings. The number of amides is 1. The highest BCUT2D eigenvalue weighted by molar-refractivity contribution is 5.93. The van der Waals surface area contributed by atoms with E-state index in [1.165, 1.54) is 6.20 Å². The van der Waals surface area contributed by atoms with Crippen LogP contribution in [-0.2, 0) is 6.42 Å². The van der Waals surface area contributed by atoms with Crippen LogP contribution in [0.5, 0.6) is 0 Å². The Morgan fingerprint density at radius 2 is 1.94 bits per heavy atom. The summed E-state index contributed by atoms with van der Waals surface area (Å²) < 4.78 is 0. The minimum Gasteiger partial charge on any atom is -0.464 e. The molecule has 1 heterocycles. The summed E-state index contributed by atoms with van der Waals surface area (Å²) in [5.74, 6) is 0.297. The highest BCUT2D eigenvalue weighted by atomic mass is 16.4. The molecule has 92 valence electrons. The molecule has 1 aromatic carbocycles. The first-order valence-electron chi connectivity index (χ1n) is 5.61. The second-order valence-corrected chi connectivity index (χ2v) is 3.67. The minimum absolute atomic E-state index is 0.297. The summed E-state index contributed by atoms with van der Waals surface area (Å²) in [7, 11) is 0. The highest BCUT2D eigenvalue weighted by Gasteiger charge is 2.17. The predicted molar refractivity (Wildman–Crippen MR) is 68.0 cm³/mol. The molecule has 0 aliphatic heterocycles. The van der Waals surface area contributed by atoms with E-state index in [0.717, 1.165) is 17.0 Å². The van der Waals surface area contributed by atoms with Gasteiger partial charge in [0.05, 0.1) is 23.8 Å². The van der Waals surface area contributed by atoms with E-state index in [-0.39, 0.29) is 0 Å². The lowest BCUT2D eigenvalue weighted by atomic mass is 10.3. The Labute approximate surface area is 105 Å². The normalized spacial score (nSPS) is 10.1. The third kappa shape index (κ3) is 2.45. The molecule has 18 heavy (non-hydrogen) atoms. The second kappa shape index (κ2) is 5.27. The average molecular weight is 243 g/mol. The first kappa shape index (κ1) is 12.0. The molecule has 0 atom stereocenters. The fourth-order valence-corrected chi connectivity index (χ4v) is 1.56. The fraction of sp³-hybridized carbons (Fsp3) is 0.154. The Balaban J connectivity index is 2.39. The van der Waals surface area contributed by atoms with Crippen LogP contribution >= 0.6 is 0 Å². The maximum atomic E-state index is 11.3. The molecule has 0 saturated heterocycles. The van der Waals surface area contributed by atoms with E-state index in [1.807, 2.05) is 13.0 Å². The Hall–Kier alpha value is -2.43. The second-order valence-electron chi connectivity index (χ2n) is 3.67. The van der Waals surface area contributed by atoms with Crippen LogP contribution in [0.2, 0.25) is 0 Å². The largest absolute Gasteiger partial charge is 0.464 e. The van der Waals surface area contributed by atoms with Crippen molar-refractivity contribution in [2.75, 3.05) is 4.90 Å². The monoisotopic (exact) mass is 243 g/mol. The maximum absolute atomic E-state index is 11.3. The number of aryl methyl sites for hydroxylation is 1. The minimum atomic E-state index is -1.08. The third-order valence-electron chi connectivity index (χ3n) is 2.49. The number of aromatic nitrogens is 2. The van der Waals surface area contributed by atoms with Gasteiger partial charge in [0, 0.05) is 0 Å². The van der Waals surface area contributed by atoms with Crippen LogP contribution in [-0.4, -0.2) is 21.2 Å². The number of benzene rings is 1. The lowest BCUT2D eigenvalue weighted by Gasteiger charge is -2.17. The van der Waals surface area contributed by atoms with Crippen molar-refractivity contribution in [3.8, 4) is 0 Å². The molecular formula is C13H13N3O2. The zero-order valence-corrected chi connectivity index (χ0v) is 9.95. The molecule has 0 unspecified atom stereocenters. The molecule has 0 saturated carbocycles. The Kier molecular flexibility index (Phi) is 3.52. The van der Waals surface area contributed by atoms with Crippen molar-refractivity contribution in [1.29, 1.82) is 0 Å². The number of carboxylic acid groups (broad SMARTS) is 1.